The molecule has 134 valence electrons. The number of carbonyl (C=O) groups excluding carboxylic acids is 1. The van der Waals surface area contributed by atoms with Crippen molar-refractivity contribution in [1.29, 1.82) is 0 Å². The minimum atomic E-state index is 0.0185. The summed E-state index contributed by atoms with van der Waals surface area (Å²) >= 11 is 1.23. The fourth-order valence-electron chi connectivity index (χ4n) is 2.22. The van der Waals surface area contributed by atoms with Crippen molar-refractivity contribution < 1.29 is 13.9 Å². The fourth-order valence-corrected chi connectivity index (χ4v) is 2.88. The first kappa shape index (κ1) is 19.1. The van der Waals surface area contributed by atoms with Crippen LogP contribution in [0.1, 0.15) is 20.8 Å². The molecule has 0 fully saturated rings. The van der Waals surface area contributed by atoms with Gasteiger partial charge in [0.1, 0.15) is 5.75 Å². The van der Waals surface area contributed by atoms with Crippen LogP contribution in [0.2, 0.25) is 0 Å². The Morgan fingerprint density at radius 2 is 2.08 bits per heavy atom. The van der Waals surface area contributed by atoms with E-state index in [1.807, 2.05) is 45.0 Å². The smallest absolute Gasteiger partial charge is 0.277 e. The summed E-state index contributed by atoms with van der Waals surface area (Å²) < 4.78 is 11.3. The summed E-state index contributed by atoms with van der Waals surface area (Å²) in [6.45, 7) is 11.4. The van der Waals surface area contributed by atoms with E-state index in [2.05, 4.69) is 16.8 Å². The molecule has 1 aromatic heterocycles. The molecule has 0 saturated heterocycles. The molecule has 0 N–H and O–H groups in total. The predicted molar refractivity (Wildman–Crippen MR) is 98.7 cm³/mol. The van der Waals surface area contributed by atoms with Gasteiger partial charge in [-0.2, -0.15) is 0 Å². The summed E-state index contributed by atoms with van der Waals surface area (Å²) in [5.41, 5.74) is 1.69. The fraction of sp³-hybridized carbons (Fsp3) is 0.389. The molecular formula is C18H23N3O3S. The van der Waals surface area contributed by atoms with Gasteiger partial charge in [0, 0.05) is 13.1 Å². The standard InChI is InChI=1S/C18H23N3O3S/c1-5-21(11-13(3)4)16(22)12-25-18-20-19-17(24-18)14-9-7-8-10-15(14)23-6-2/h7-10H,3,5-6,11-12H2,1-2,4H3. The number of hydrogen-bond acceptors (Lipinski definition) is 6. The van der Waals surface area contributed by atoms with Crippen LogP contribution >= 0.6 is 11.8 Å². The maximum Gasteiger partial charge on any atom is 0.277 e. The van der Waals surface area contributed by atoms with E-state index >= 15 is 0 Å². The van der Waals surface area contributed by atoms with Crippen LogP contribution < -0.4 is 4.74 Å². The van der Waals surface area contributed by atoms with E-state index in [4.69, 9.17) is 9.15 Å². The van der Waals surface area contributed by atoms with E-state index in [0.29, 0.717) is 36.6 Å². The Balaban J connectivity index is 2.02. The van der Waals surface area contributed by atoms with Crippen LogP contribution in [0.15, 0.2) is 46.1 Å². The quantitative estimate of drug-likeness (QED) is 0.502. The van der Waals surface area contributed by atoms with Crippen LogP contribution in [0, 0.1) is 0 Å². The lowest BCUT2D eigenvalue weighted by atomic mass is 10.2. The number of rotatable bonds is 9. The Morgan fingerprint density at radius 1 is 1.32 bits per heavy atom. The summed E-state index contributed by atoms with van der Waals surface area (Å²) in [6, 6.07) is 7.50. The van der Waals surface area contributed by atoms with Gasteiger partial charge in [-0.15, -0.1) is 10.2 Å². The molecular weight excluding hydrogens is 338 g/mol. The Morgan fingerprint density at radius 3 is 2.76 bits per heavy atom. The Hall–Kier alpha value is -2.28. The van der Waals surface area contributed by atoms with Gasteiger partial charge in [-0.05, 0) is 32.9 Å². The van der Waals surface area contributed by atoms with E-state index in [1.165, 1.54) is 11.8 Å². The SMILES string of the molecule is C=C(C)CN(CC)C(=O)CSc1nnc(-c2ccccc2OCC)o1. The number of aromatic nitrogens is 2. The molecule has 2 aromatic rings. The minimum Gasteiger partial charge on any atom is -0.493 e. The van der Waals surface area contributed by atoms with Crippen LogP contribution in [0.5, 0.6) is 5.75 Å². The maximum absolute atomic E-state index is 12.3. The van der Waals surface area contributed by atoms with Crippen molar-refractivity contribution >= 4 is 17.7 Å². The highest BCUT2D eigenvalue weighted by atomic mass is 32.2. The molecule has 6 nitrogen and oxygen atoms in total. The highest BCUT2D eigenvalue weighted by Crippen LogP contribution is 2.30. The first-order valence-electron chi connectivity index (χ1n) is 8.15. The van der Waals surface area contributed by atoms with Crippen molar-refractivity contribution in [1.82, 2.24) is 15.1 Å². The second-order valence-electron chi connectivity index (χ2n) is 5.46. The van der Waals surface area contributed by atoms with Gasteiger partial charge in [0.2, 0.25) is 5.91 Å². The lowest BCUT2D eigenvalue weighted by Crippen LogP contribution is -2.33. The van der Waals surface area contributed by atoms with E-state index in [0.717, 1.165) is 11.1 Å². The zero-order valence-electron chi connectivity index (χ0n) is 14.8. The molecule has 7 heteroatoms. The summed E-state index contributed by atoms with van der Waals surface area (Å²) in [7, 11) is 0. The van der Waals surface area contributed by atoms with Gasteiger partial charge < -0.3 is 14.1 Å². The predicted octanol–water partition coefficient (Wildman–Crippen LogP) is 3.65. The summed E-state index contributed by atoms with van der Waals surface area (Å²) in [4.78, 5) is 14.0. The van der Waals surface area contributed by atoms with E-state index < -0.39 is 0 Å². The second kappa shape index (κ2) is 9.27. The van der Waals surface area contributed by atoms with Crippen LogP contribution in [0.25, 0.3) is 11.5 Å². The second-order valence-corrected chi connectivity index (χ2v) is 6.38. The molecule has 0 aliphatic heterocycles. The van der Waals surface area contributed by atoms with E-state index in [1.54, 1.807) is 4.90 Å². The molecule has 1 heterocycles. The molecule has 0 radical (unpaired) electrons. The molecule has 2 rings (SSSR count). The van der Waals surface area contributed by atoms with Gasteiger partial charge in [0.15, 0.2) is 0 Å². The molecule has 0 spiro atoms. The average molecular weight is 361 g/mol. The first-order valence-corrected chi connectivity index (χ1v) is 9.14. The third-order valence-electron chi connectivity index (χ3n) is 3.34. The largest absolute Gasteiger partial charge is 0.493 e. The number of carbonyl (C=O) groups is 1. The van der Waals surface area contributed by atoms with E-state index in [-0.39, 0.29) is 11.7 Å². The number of para-hydroxylation sites is 1. The lowest BCUT2D eigenvalue weighted by Gasteiger charge is -2.20. The Kier molecular flexibility index (Phi) is 7.06. The molecule has 0 bridgehead atoms. The van der Waals surface area contributed by atoms with Crippen LogP contribution in [-0.4, -0.2) is 46.5 Å². The number of hydrogen-bond donors (Lipinski definition) is 0. The minimum absolute atomic E-state index is 0.0185. The molecule has 0 saturated carbocycles. The van der Waals surface area contributed by atoms with Crippen LogP contribution in [0.4, 0.5) is 0 Å². The monoisotopic (exact) mass is 361 g/mol. The molecule has 1 amide bonds. The van der Waals surface area contributed by atoms with Crippen molar-refractivity contribution in [3.63, 3.8) is 0 Å². The van der Waals surface area contributed by atoms with E-state index in [9.17, 15) is 4.79 Å². The normalized spacial score (nSPS) is 10.5. The van der Waals surface area contributed by atoms with Gasteiger partial charge >= 0.3 is 0 Å². The van der Waals surface area contributed by atoms with Crippen molar-refractivity contribution in [2.24, 2.45) is 0 Å². The first-order chi connectivity index (χ1) is 12.0. The number of ether oxygens (including phenoxy) is 1. The number of likely N-dealkylation sites (N-methyl/N-ethyl adjacent to an activating group) is 1. The molecule has 0 atom stereocenters. The third kappa shape index (κ3) is 5.35. The highest BCUT2D eigenvalue weighted by molar-refractivity contribution is 7.99. The molecule has 1 aromatic carbocycles. The number of nitrogens with zero attached hydrogens (tertiary/aromatic N) is 3. The van der Waals surface area contributed by atoms with Crippen molar-refractivity contribution in [3.05, 3.63) is 36.4 Å². The molecule has 0 aliphatic rings. The average Bonchev–Trinajstić information content (AvgIpc) is 3.07. The van der Waals surface area contributed by atoms with Crippen LogP contribution in [-0.2, 0) is 4.79 Å². The topological polar surface area (TPSA) is 68.5 Å². The lowest BCUT2D eigenvalue weighted by molar-refractivity contribution is -0.127. The summed E-state index contributed by atoms with van der Waals surface area (Å²) in [5, 5.41) is 8.44. The summed E-state index contributed by atoms with van der Waals surface area (Å²) in [6.07, 6.45) is 0. The number of amides is 1. The summed E-state index contributed by atoms with van der Waals surface area (Å²) in [5.74, 6) is 1.34. The Labute approximate surface area is 152 Å². The van der Waals surface area contributed by atoms with Crippen molar-refractivity contribution in [3.8, 4) is 17.2 Å². The third-order valence-corrected chi connectivity index (χ3v) is 4.14. The molecule has 0 aliphatic carbocycles. The Bertz CT molecular complexity index is 730. The highest BCUT2D eigenvalue weighted by Gasteiger charge is 2.17. The molecule has 0 unspecified atom stereocenters. The van der Waals surface area contributed by atoms with Crippen LogP contribution in [0.3, 0.4) is 0 Å². The van der Waals surface area contributed by atoms with Gasteiger partial charge in [-0.3, -0.25) is 4.79 Å². The van der Waals surface area contributed by atoms with Gasteiger partial charge in [-0.1, -0.05) is 36.0 Å². The van der Waals surface area contributed by atoms with Gasteiger partial charge in [-0.25, -0.2) is 0 Å². The van der Waals surface area contributed by atoms with Gasteiger partial charge in [0.25, 0.3) is 11.1 Å². The maximum atomic E-state index is 12.3. The van der Waals surface area contributed by atoms with Gasteiger partial charge in [0.05, 0.1) is 17.9 Å². The zero-order valence-corrected chi connectivity index (χ0v) is 15.6. The van der Waals surface area contributed by atoms with Crippen molar-refractivity contribution in [2.75, 3.05) is 25.4 Å². The van der Waals surface area contributed by atoms with Crippen molar-refractivity contribution in [2.45, 2.75) is 26.0 Å². The number of benzene rings is 1. The molecule has 25 heavy (non-hydrogen) atoms. The zero-order chi connectivity index (χ0) is 18.2. The number of thioether (sulfide) groups is 1.